The van der Waals surface area contributed by atoms with E-state index in [-0.39, 0.29) is 0 Å². The molecule has 0 atom stereocenters. The maximum atomic E-state index is 11.7. The highest BCUT2D eigenvalue weighted by molar-refractivity contribution is 6.31. The van der Waals surface area contributed by atoms with Crippen LogP contribution < -0.4 is 0 Å². The summed E-state index contributed by atoms with van der Waals surface area (Å²) >= 11 is 5.92. The van der Waals surface area contributed by atoms with Crippen molar-refractivity contribution in [3.05, 3.63) is 35.5 Å². The molecule has 1 fully saturated rings. The van der Waals surface area contributed by atoms with Crippen molar-refractivity contribution in [3.63, 3.8) is 0 Å². The largest absolute Gasteiger partial charge is 0.340 e. The molecule has 2 aromatic rings. The van der Waals surface area contributed by atoms with Gasteiger partial charge in [0, 0.05) is 28.0 Å². The highest BCUT2D eigenvalue weighted by Gasteiger charge is 2.29. The second kappa shape index (κ2) is 3.63. The predicted molar refractivity (Wildman–Crippen MR) is 64.7 cm³/mol. The van der Waals surface area contributed by atoms with Gasteiger partial charge in [0.25, 0.3) is 0 Å². The third kappa shape index (κ3) is 1.74. The lowest BCUT2D eigenvalue weighted by atomic mass is 10.2. The maximum Gasteiger partial charge on any atom is 0.155 e. The molecule has 0 amide bonds. The maximum absolute atomic E-state index is 11.7. The third-order valence-corrected chi connectivity index (χ3v) is 3.33. The minimum atomic E-state index is 0.324. The summed E-state index contributed by atoms with van der Waals surface area (Å²) in [6.45, 7) is 0.496. The minimum Gasteiger partial charge on any atom is -0.340 e. The molecule has 1 aliphatic carbocycles. The minimum absolute atomic E-state index is 0.324. The molecule has 1 aromatic carbocycles. The van der Waals surface area contributed by atoms with Crippen LogP contribution in [0.2, 0.25) is 5.02 Å². The van der Waals surface area contributed by atoms with Crippen LogP contribution in [0, 0.1) is 5.92 Å². The summed E-state index contributed by atoms with van der Waals surface area (Å²) in [6, 6.07) is 7.76. The molecule has 0 N–H and O–H groups in total. The molecule has 1 heterocycles. The van der Waals surface area contributed by atoms with Crippen LogP contribution in [0.4, 0.5) is 0 Å². The molecule has 0 bridgehead atoms. The number of fused-ring (bicyclic) bond motifs is 1. The Bertz CT molecular complexity index is 554. The van der Waals surface area contributed by atoms with E-state index in [0.29, 0.717) is 18.2 Å². The van der Waals surface area contributed by atoms with Gasteiger partial charge in [-0.05, 0) is 37.1 Å². The van der Waals surface area contributed by atoms with Gasteiger partial charge in [-0.2, -0.15) is 0 Å². The molecule has 0 aliphatic heterocycles. The summed E-state index contributed by atoms with van der Waals surface area (Å²) in [5.74, 6) is 0.678. The molecule has 82 valence electrons. The topological polar surface area (TPSA) is 22.0 Å². The van der Waals surface area contributed by atoms with E-state index in [0.717, 1.165) is 28.8 Å². The standard InChI is InChI=1S/C13H12ClNO/c14-11-3-4-12-10(7-11)5-6-15(12)8-13(16)9-1-2-9/h3-7,9H,1-2,8H2. The quantitative estimate of drug-likeness (QED) is 0.798. The van der Waals surface area contributed by atoms with E-state index in [1.54, 1.807) is 0 Å². The van der Waals surface area contributed by atoms with Gasteiger partial charge in [0.15, 0.2) is 5.78 Å². The van der Waals surface area contributed by atoms with Gasteiger partial charge < -0.3 is 4.57 Å². The molecular weight excluding hydrogens is 222 g/mol. The molecule has 0 radical (unpaired) electrons. The normalized spacial score (nSPS) is 15.6. The molecule has 3 heteroatoms. The molecule has 0 saturated heterocycles. The van der Waals surface area contributed by atoms with Gasteiger partial charge in [-0.3, -0.25) is 4.79 Å². The van der Waals surface area contributed by atoms with Gasteiger partial charge >= 0.3 is 0 Å². The number of aromatic nitrogens is 1. The summed E-state index contributed by atoms with van der Waals surface area (Å²) in [5, 5.41) is 1.83. The number of benzene rings is 1. The van der Waals surface area contributed by atoms with Gasteiger partial charge in [-0.25, -0.2) is 0 Å². The molecule has 3 rings (SSSR count). The SMILES string of the molecule is O=C(Cn1ccc2cc(Cl)ccc21)C1CC1. The van der Waals surface area contributed by atoms with Crippen LogP contribution in [0.5, 0.6) is 0 Å². The Hall–Kier alpha value is -1.28. The number of hydrogen-bond acceptors (Lipinski definition) is 1. The Balaban J connectivity index is 1.94. The molecule has 2 nitrogen and oxygen atoms in total. The number of carbonyl (C=O) groups is 1. The van der Waals surface area contributed by atoms with Gasteiger partial charge in [-0.15, -0.1) is 0 Å². The predicted octanol–water partition coefficient (Wildman–Crippen LogP) is 3.27. The fraction of sp³-hybridized carbons (Fsp3) is 0.308. The lowest BCUT2D eigenvalue weighted by molar-refractivity contribution is -0.120. The van der Waals surface area contributed by atoms with Crippen LogP contribution in [-0.2, 0) is 11.3 Å². The Kier molecular flexibility index (Phi) is 2.25. The van der Waals surface area contributed by atoms with E-state index in [2.05, 4.69) is 0 Å². The zero-order chi connectivity index (χ0) is 11.1. The molecule has 1 aromatic heterocycles. The zero-order valence-electron chi connectivity index (χ0n) is 8.82. The van der Waals surface area contributed by atoms with Gasteiger partial charge in [0.1, 0.15) is 0 Å². The summed E-state index contributed by atoms with van der Waals surface area (Å²) in [5.41, 5.74) is 1.08. The number of hydrogen-bond donors (Lipinski definition) is 0. The van der Waals surface area contributed by atoms with Crippen molar-refractivity contribution in [2.24, 2.45) is 5.92 Å². The molecule has 1 saturated carbocycles. The van der Waals surface area contributed by atoms with Crippen molar-refractivity contribution < 1.29 is 4.79 Å². The molecular formula is C13H12ClNO. The van der Waals surface area contributed by atoms with Gasteiger partial charge in [0.2, 0.25) is 0 Å². The number of ketones is 1. The van der Waals surface area contributed by atoms with Crippen LogP contribution >= 0.6 is 11.6 Å². The number of halogens is 1. The zero-order valence-corrected chi connectivity index (χ0v) is 9.57. The number of Topliss-reactive ketones (excluding diaryl/α,β-unsaturated/α-hetero) is 1. The summed E-state index contributed by atoms with van der Waals surface area (Å²) < 4.78 is 2.01. The second-order valence-electron chi connectivity index (χ2n) is 4.39. The molecule has 16 heavy (non-hydrogen) atoms. The molecule has 0 unspecified atom stereocenters. The van der Waals surface area contributed by atoms with Crippen LogP contribution in [0.1, 0.15) is 12.8 Å². The highest BCUT2D eigenvalue weighted by Crippen LogP contribution is 2.31. The Labute approximate surface area is 98.8 Å². The van der Waals surface area contributed by atoms with Crippen LogP contribution in [0.25, 0.3) is 10.9 Å². The summed E-state index contributed by atoms with van der Waals surface area (Å²) in [7, 11) is 0. The lowest BCUT2D eigenvalue weighted by Crippen LogP contribution is -2.10. The average Bonchev–Trinajstić information content (AvgIpc) is 3.03. The van der Waals surface area contributed by atoms with Crippen molar-refractivity contribution in [1.29, 1.82) is 0 Å². The van der Waals surface area contributed by atoms with Crippen LogP contribution in [-0.4, -0.2) is 10.4 Å². The first-order valence-electron chi connectivity index (χ1n) is 5.51. The Morgan fingerprint density at radius 1 is 1.38 bits per heavy atom. The van der Waals surface area contributed by atoms with Crippen LogP contribution in [0.15, 0.2) is 30.5 Å². The van der Waals surface area contributed by atoms with Crippen molar-refractivity contribution >= 4 is 28.3 Å². The van der Waals surface area contributed by atoms with E-state index in [1.807, 2.05) is 35.0 Å². The number of nitrogens with zero attached hydrogens (tertiary/aromatic N) is 1. The average molecular weight is 234 g/mol. The van der Waals surface area contributed by atoms with Crippen molar-refractivity contribution in [2.45, 2.75) is 19.4 Å². The van der Waals surface area contributed by atoms with Gasteiger partial charge in [0.05, 0.1) is 6.54 Å². The monoisotopic (exact) mass is 233 g/mol. The third-order valence-electron chi connectivity index (χ3n) is 3.09. The van der Waals surface area contributed by atoms with Gasteiger partial charge in [-0.1, -0.05) is 11.6 Å². The van der Waals surface area contributed by atoms with E-state index >= 15 is 0 Å². The second-order valence-corrected chi connectivity index (χ2v) is 4.82. The Morgan fingerprint density at radius 3 is 2.94 bits per heavy atom. The van der Waals surface area contributed by atoms with E-state index in [9.17, 15) is 4.79 Å². The first kappa shape index (κ1) is 9.91. The molecule has 1 aliphatic rings. The van der Waals surface area contributed by atoms with E-state index < -0.39 is 0 Å². The number of rotatable bonds is 3. The van der Waals surface area contributed by atoms with Crippen molar-refractivity contribution in [1.82, 2.24) is 4.57 Å². The fourth-order valence-electron chi connectivity index (χ4n) is 2.01. The molecule has 0 spiro atoms. The Morgan fingerprint density at radius 2 is 2.19 bits per heavy atom. The van der Waals surface area contributed by atoms with Crippen LogP contribution in [0.3, 0.4) is 0 Å². The fourth-order valence-corrected chi connectivity index (χ4v) is 2.19. The van der Waals surface area contributed by atoms with Crippen molar-refractivity contribution in [3.8, 4) is 0 Å². The number of carbonyl (C=O) groups excluding carboxylic acids is 1. The first-order valence-corrected chi connectivity index (χ1v) is 5.89. The van der Waals surface area contributed by atoms with Crippen molar-refractivity contribution in [2.75, 3.05) is 0 Å². The van der Waals surface area contributed by atoms with E-state index in [4.69, 9.17) is 11.6 Å². The first-order chi connectivity index (χ1) is 7.74. The summed E-state index contributed by atoms with van der Waals surface area (Å²) in [6.07, 6.45) is 4.11. The smallest absolute Gasteiger partial charge is 0.155 e. The highest BCUT2D eigenvalue weighted by atomic mass is 35.5. The lowest BCUT2D eigenvalue weighted by Gasteiger charge is -2.03. The van der Waals surface area contributed by atoms with E-state index in [1.165, 1.54) is 0 Å². The summed E-state index contributed by atoms with van der Waals surface area (Å²) in [4.78, 5) is 11.7.